The molecule has 1 aliphatic carbocycles. The first kappa shape index (κ1) is 21.9. The van der Waals surface area contributed by atoms with Gasteiger partial charge in [-0.3, -0.25) is 4.79 Å². The summed E-state index contributed by atoms with van der Waals surface area (Å²) in [6.07, 6.45) is 2.63. The standard InChI is InChI=1S/C28H32N2O3/c1-30-13-12-28(22-8-5-9-24(31)15-22)17-23(16-26(33-2)25(28)18-30)29-27(32)21-11-10-19-6-3-4-7-20(19)14-21/h3-11,14-15,23,25-26,31H,12-13,16-18H2,1-2H3,(H,29,32)/t23-,25+,26?,28+/m1/s1. The zero-order valence-corrected chi connectivity index (χ0v) is 19.3. The number of hydrogen-bond acceptors (Lipinski definition) is 4. The monoisotopic (exact) mass is 444 g/mol. The molecule has 5 nitrogen and oxygen atoms in total. The molecular formula is C28H32N2O3. The molecule has 0 radical (unpaired) electrons. The number of nitrogens with zero attached hydrogens (tertiary/aromatic N) is 1. The van der Waals surface area contributed by atoms with Crippen molar-refractivity contribution in [1.29, 1.82) is 0 Å². The van der Waals surface area contributed by atoms with Crippen LogP contribution in [-0.4, -0.2) is 55.3 Å². The summed E-state index contributed by atoms with van der Waals surface area (Å²) in [5, 5.41) is 15.8. The Morgan fingerprint density at radius 1 is 1.09 bits per heavy atom. The number of rotatable bonds is 4. The van der Waals surface area contributed by atoms with Crippen molar-refractivity contribution in [1.82, 2.24) is 10.2 Å². The molecule has 1 heterocycles. The van der Waals surface area contributed by atoms with E-state index in [1.807, 2.05) is 48.5 Å². The Morgan fingerprint density at radius 3 is 2.70 bits per heavy atom. The van der Waals surface area contributed by atoms with Crippen LogP contribution in [0.2, 0.25) is 0 Å². The van der Waals surface area contributed by atoms with Gasteiger partial charge in [0, 0.05) is 36.6 Å². The normalized spacial score (nSPS) is 27.8. The van der Waals surface area contributed by atoms with Crippen molar-refractivity contribution in [3.8, 4) is 5.75 Å². The molecule has 0 spiro atoms. The Hall–Kier alpha value is -2.89. The molecule has 1 unspecified atom stereocenters. The number of carbonyl (C=O) groups excluding carboxylic acids is 1. The number of nitrogens with one attached hydrogen (secondary N) is 1. The lowest BCUT2D eigenvalue weighted by Gasteiger charge is -2.55. The molecule has 0 aromatic heterocycles. The van der Waals surface area contributed by atoms with Crippen LogP contribution in [0.5, 0.6) is 5.75 Å². The second kappa shape index (κ2) is 8.81. The maximum atomic E-state index is 13.3. The fourth-order valence-corrected chi connectivity index (χ4v) is 6.13. The van der Waals surface area contributed by atoms with Crippen molar-refractivity contribution in [2.75, 3.05) is 27.2 Å². The number of carbonyl (C=O) groups is 1. The molecule has 5 rings (SSSR count). The number of phenols is 1. The van der Waals surface area contributed by atoms with Gasteiger partial charge in [0.15, 0.2) is 0 Å². The molecule has 3 aromatic carbocycles. The summed E-state index contributed by atoms with van der Waals surface area (Å²) >= 11 is 0. The highest BCUT2D eigenvalue weighted by atomic mass is 16.5. The third-order valence-corrected chi connectivity index (χ3v) is 7.80. The summed E-state index contributed by atoms with van der Waals surface area (Å²) in [4.78, 5) is 15.6. The lowest BCUT2D eigenvalue weighted by atomic mass is 9.57. The summed E-state index contributed by atoms with van der Waals surface area (Å²) in [7, 11) is 3.94. The Morgan fingerprint density at radius 2 is 1.91 bits per heavy atom. The van der Waals surface area contributed by atoms with Crippen LogP contribution in [0.3, 0.4) is 0 Å². The van der Waals surface area contributed by atoms with Gasteiger partial charge in [0.25, 0.3) is 5.91 Å². The van der Waals surface area contributed by atoms with Crippen LogP contribution in [0.25, 0.3) is 10.8 Å². The van der Waals surface area contributed by atoms with E-state index in [-0.39, 0.29) is 29.2 Å². The molecule has 172 valence electrons. The summed E-state index contributed by atoms with van der Waals surface area (Å²) in [6, 6.07) is 21.6. The van der Waals surface area contributed by atoms with Crippen molar-refractivity contribution in [2.45, 2.75) is 36.8 Å². The molecular weight excluding hydrogens is 412 g/mol. The summed E-state index contributed by atoms with van der Waals surface area (Å²) in [5.74, 6) is 0.547. The highest BCUT2D eigenvalue weighted by Gasteiger charge is 2.52. The first-order valence-corrected chi connectivity index (χ1v) is 11.8. The van der Waals surface area contributed by atoms with Gasteiger partial charge in [-0.2, -0.15) is 0 Å². The topological polar surface area (TPSA) is 61.8 Å². The number of fused-ring (bicyclic) bond motifs is 2. The van der Waals surface area contributed by atoms with Gasteiger partial charge >= 0.3 is 0 Å². The Labute approximate surface area is 195 Å². The minimum Gasteiger partial charge on any atom is -0.508 e. The number of piperidine rings is 1. The summed E-state index contributed by atoms with van der Waals surface area (Å²) < 4.78 is 6.02. The van der Waals surface area contributed by atoms with Gasteiger partial charge in [0.2, 0.25) is 0 Å². The van der Waals surface area contributed by atoms with Crippen molar-refractivity contribution >= 4 is 16.7 Å². The van der Waals surface area contributed by atoms with Crippen LogP contribution >= 0.6 is 0 Å². The number of methoxy groups -OCH3 is 1. The number of ether oxygens (including phenoxy) is 1. The van der Waals surface area contributed by atoms with Crippen LogP contribution in [0.1, 0.15) is 35.2 Å². The second-order valence-electron chi connectivity index (χ2n) is 9.77. The number of amides is 1. The number of phenolic OH excluding ortho intramolecular Hbond substituents is 1. The molecule has 4 atom stereocenters. The van der Waals surface area contributed by atoms with Crippen LogP contribution < -0.4 is 5.32 Å². The molecule has 5 heteroatoms. The third kappa shape index (κ3) is 4.11. The predicted octanol–water partition coefficient (Wildman–Crippen LogP) is 4.34. The van der Waals surface area contributed by atoms with E-state index < -0.39 is 0 Å². The van der Waals surface area contributed by atoms with Gasteiger partial charge in [-0.25, -0.2) is 0 Å². The van der Waals surface area contributed by atoms with E-state index in [1.54, 1.807) is 13.2 Å². The molecule has 1 aliphatic heterocycles. The van der Waals surface area contributed by atoms with E-state index in [1.165, 1.54) is 0 Å². The van der Waals surface area contributed by atoms with Crippen molar-refractivity contribution < 1.29 is 14.6 Å². The zero-order valence-electron chi connectivity index (χ0n) is 19.3. The fraction of sp³-hybridized carbons (Fsp3) is 0.393. The predicted molar refractivity (Wildman–Crippen MR) is 131 cm³/mol. The third-order valence-electron chi connectivity index (χ3n) is 7.80. The average molecular weight is 445 g/mol. The highest BCUT2D eigenvalue weighted by Crippen LogP contribution is 2.50. The van der Waals surface area contributed by atoms with Gasteiger partial charge in [-0.15, -0.1) is 0 Å². The van der Waals surface area contributed by atoms with Crippen LogP contribution in [0.4, 0.5) is 0 Å². The van der Waals surface area contributed by atoms with Crippen LogP contribution in [0.15, 0.2) is 66.7 Å². The molecule has 2 fully saturated rings. The molecule has 1 amide bonds. The lowest BCUT2D eigenvalue weighted by molar-refractivity contribution is -0.0629. The van der Waals surface area contributed by atoms with Crippen molar-refractivity contribution in [2.24, 2.45) is 5.92 Å². The smallest absolute Gasteiger partial charge is 0.251 e. The molecule has 2 aliphatic rings. The van der Waals surface area contributed by atoms with Gasteiger partial charge < -0.3 is 20.1 Å². The largest absolute Gasteiger partial charge is 0.508 e. The summed E-state index contributed by atoms with van der Waals surface area (Å²) in [5.41, 5.74) is 1.68. The summed E-state index contributed by atoms with van der Waals surface area (Å²) in [6.45, 7) is 1.92. The first-order chi connectivity index (χ1) is 16.0. The van der Waals surface area contributed by atoms with Gasteiger partial charge in [0.05, 0.1) is 6.10 Å². The van der Waals surface area contributed by atoms with Crippen molar-refractivity contribution in [3.05, 3.63) is 77.9 Å². The first-order valence-electron chi connectivity index (χ1n) is 11.8. The van der Waals surface area contributed by atoms with Crippen LogP contribution in [-0.2, 0) is 10.2 Å². The van der Waals surface area contributed by atoms with E-state index in [9.17, 15) is 9.90 Å². The van der Waals surface area contributed by atoms with Gasteiger partial charge in [-0.1, -0.05) is 42.5 Å². The lowest BCUT2D eigenvalue weighted by Crippen LogP contribution is -2.60. The number of likely N-dealkylation sites (tertiary alicyclic amines) is 1. The molecule has 1 saturated carbocycles. The van der Waals surface area contributed by atoms with Crippen LogP contribution in [0, 0.1) is 5.92 Å². The van der Waals surface area contributed by atoms with E-state index in [4.69, 9.17) is 4.74 Å². The molecule has 2 N–H and O–H groups in total. The van der Waals surface area contributed by atoms with E-state index in [0.717, 1.165) is 48.7 Å². The molecule has 0 bridgehead atoms. The Kier molecular flexibility index (Phi) is 5.85. The fourth-order valence-electron chi connectivity index (χ4n) is 6.13. The average Bonchev–Trinajstić information content (AvgIpc) is 2.83. The Balaban J connectivity index is 1.45. The maximum Gasteiger partial charge on any atom is 0.251 e. The minimum absolute atomic E-state index is 0.00377. The number of benzene rings is 3. The van der Waals surface area contributed by atoms with E-state index in [2.05, 4.69) is 29.4 Å². The quantitative estimate of drug-likeness (QED) is 0.628. The highest BCUT2D eigenvalue weighted by molar-refractivity contribution is 5.98. The minimum atomic E-state index is -0.147. The number of aromatic hydroxyl groups is 1. The maximum absolute atomic E-state index is 13.3. The molecule has 1 saturated heterocycles. The Bertz CT molecular complexity index is 1160. The molecule has 3 aromatic rings. The zero-order chi connectivity index (χ0) is 23.0. The SMILES string of the molecule is COC1C[C@@H](NC(=O)c2ccc3ccccc3c2)C[C@]2(c3cccc(O)c3)CCN(C)C[C@@H]12. The van der Waals surface area contributed by atoms with E-state index >= 15 is 0 Å². The number of hydrogen-bond donors (Lipinski definition) is 2. The second-order valence-corrected chi connectivity index (χ2v) is 9.77. The van der Waals surface area contributed by atoms with Crippen molar-refractivity contribution in [3.63, 3.8) is 0 Å². The van der Waals surface area contributed by atoms with Gasteiger partial charge in [0.1, 0.15) is 5.75 Å². The van der Waals surface area contributed by atoms with E-state index in [0.29, 0.717) is 11.5 Å². The molecule has 33 heavy (non-hydrogen) atoms. The van der Waals surface area contributed by atoms with Gasteiger partial charge in [-0.05, 0) is 73.5 Å².